The molecule has 1 heterocycles. The van der Waals surface area contributed by atoms with E-state index in [1.165, 1.54) is 25.3 Å². The normalized spacial score (nSPS) is 22.9. The fourth-order valence-corrected chi connectivity index (χ4v) is 2.81. The van der Waals surface area contributed by atoms with Crippen molar-refractivity contribution < 1.29 is 9.13 Å². The minimum Gasteiger partial charge on any atom is -0.490 e. The number of rotatable bonds is 6. The molecule has 1 aromatic rings. The predicted molar refractivity (Wildman–Crippen MR) is 73.9 cm³/mol. The summed E-state index contributed by atoms with van der Waals surface area (Å²) in [7, 11) is 0. The van der Waals surface area contributed by atoms with Gasteiger partial charge in [0.25, 0.3) is 0 Å². The third kappa shape index (κ3) is 3.27. The van der Waals surface area contributed by atoms with Crippen molar-refractivity contribution in [1.82, 2.24) is 5.32 Å². The average Bonchev–Trinajstić information content (AvgIpc) is 3.14. The molecule has 0 bridgehead atoms. The summed E-state index contributed by atoms with van der Waals surface area (Å²) in [5.41, 5.74) is 1.02. The van der Waals surface area contributed by atoms with Crippen LogP contribution in [0.25, 0.3) is 0 Å². The van der Waals surface area contributed by atoms with E-state index in [2.05, 4.69) is 12.2 Å². The Labute approximate surface area is 114 Å². The van der Waals surface area contributed by atoms with E-state index >= 15 is 0 Å². The molecule has 1 N–H and O–H groups in total. The van der Waals surface area contributed by atoms with Gasteiger partial charge in [0.15, 0.2) is 0 Å². The van der Waals surface area contributed by atoms with Crippen LogP contribution in [0.2, 0.25) is 0 Å². The van der Waals surface area contributed by atoms with Crippen molar-refractivity contribution >= 4 is 0 Å². The molecule has 1 aliphatic heterocycles. The Morgan fingerprint density at radius 1 is 1.42 bits per heavy atom. The lowest BCUT2D eigenvalue weighted by atomic mass is 9.96. The van der Waals surface area contributed by atoms with Crippen LogP contribution in [0.1, 0.15) is 38.2 Å². The Bertz CT molecular complexity index is 444. The van der Waals surface area contributed by atoms with Crippen LogP contribution in [0.4, 0.5) is 4.39 Å². The average molecular weight is 263 g/mol. The van der Waals surface area contributed by atoms with Crippen LogP contribution in [-0.2, 0) is 6.42 Å². The van der Waals surface area contributed by atoms with Gasteiger partial charge in [0.2, 0.25) is 0 Å². The maximum atomic E-state index is 13.2. The lowest BCUT2D eigenvalue weighted by Gasteiger charge is -2.19. The van der Waals surface area contributed by atoms with E-state index in [4.69, 9.17) is 4.74 Å². The van der Waals surface area contributed by atoms with Crippen molar-refractivity contribution in [3.63, 3.8) is 0 Å². The smallest absolute Gasteiger partial charge is 0.123 e. The highest BCUT2D eigenvalue weighted by Crippen LogP contribution is 2.32. The predicted octanol–water partition coefficient (Wildman–Crippen LogP) is 3.30. The number of nitrogens with one attached hydrogen (secondary N) is 1. The van der Waals surface area contributed by atoms with Crippen molar-refractivity contribution in [3.8, 4) is 5.75 Å². The van der Waals surface area contributed by atoms with Gasteiger partial charge in [-0.15, -0.1) is 0 Å². The monoisotopic (exact) mass is 263 g/mol. The summed E-state index contributed by atoms with van der Waals surface area (Å²) in [6.45, 7) is 3.33. The highest BCUT2D eigenvalue weighted by atomic mass is 19.1. The fourth-order valence-electron chi connectivity index (χ4n) is 2.81. The Balaban J connectivity index is 1.53. The SMILES string of the molecule is CCC(CNC1CC1)CC1Cc2cc(F)ccc2O1. The van der Waals surface area contributed by atoms with Gasteiger partial charge in [-0.25, -0.2) is 4.39 Å². The maximum absolute atomic E-state index is 13.2. The third-order valence-electron chi connectivity index (χ3n) is 4.21. The first-order valence-corrected chi connectivity index (χ1v) is 7.43. The van der Waals surface area contributed by atoms with Crippen molar-refractivity contribution in [3.05, 3.63) is 29.6 Å². The van der Waals surface area contributed by atoms with Crippen molar-refractivity contribution in [2.24, 2.45) is 5.92 Å². The van der Waals surface area contributed by atoms with E-state index in [0.29, 0.717) is 5.92 Å². The summed E-state index contributed by atoms with van der Waals surface area (Å²) in [4.78, 5) is 0. The van der Waals surface area contributed by atoms with E-state index < -0.39 is 0 Å². The zero-order valence-corrected chi connectivity index (χ0v) is 11.5. The zero-order valence-electron chi connectivity index (χ0n) is 11.5. The van der Waals surface area contributed by atoms with Crippen molar-refractivity contribution in [2.75, 3.05) is 6.54 Å². The highest BCUT2D eigenvalue weighted by Gasteiger charge is 2.27. The van der Waals surface area contributed by atoms with Gasteiger partial charge in [0.1, 0.15) is 17.7 Å². The number of ether oxygens (including phenoxy) is 1. The van der Waals surface area contributed by atoms with Crippen LogP contribution in [0.5, 0.6) is 5.75 Å². The Morgan fingerprint density at radius 2 is 2.26 bits per heavy atom. The Hall–Kier alpha value is -1.09. The lowest BCUT2D eigenvalue weighted by molar-refractivity contribution is 0.189. The van der Waals surface area contributed by atoms with E-state index in [0.717, 1.165) is 36.7 Å². The molecule has 1 aliphatic carbocycles. The Kier molecular flexibility index (Phi) is 3.74. The first-order valence-electron chi connectivity index (χ1n) is 7.43. The third-order valence-corrected chi connectivity index (χ3v) is 4.21. The molecule has 2 aliphatic rings. The van der Waals surface area contributed by atoms with E-state index in [1.54, 1.807) is 12.1 Å². The van der Waals surface area contributed by atoms with Gasteiger partial charge in [0.05, 0.1) is 0 Å². The molecule has 3 heteroatoms. The molecule has 2 nitrogen and oxygen atoms in total. The first-order chi connectivity index (χ1) is 9.24. The Morgan fingerprint density at radius 3 is 3.00 bits per heavy atom. The maximum Gasteiger partial charge on any atom is 0.123 e. The summed E-state index contributed by atoms with van der Waals surface area (Å²) in [5.74, 6) is 1.37. The molecule has 0 spiro atoms. The van der Waals surface area contributed by atoms with Crippen LogP contribution in [0, 0.1) is 11.7 Å². The summed E-state index contributed by atoms with van der Waals surface area (Å²) in [6.07, 6.45) is 5.98. The van der Waals surface area contributed by atoms with Crippen LogP contribution in [-0.4, -0.2) is 18.7 Å². The number of hydrogen-bond donors (Lipinski definition) is 1. The zero-order chi connectivity index (χ0) is 13.2. The quantitative estimate of drug-likeness (QED) is 0.850. The van der Waals surface area contributed by atoms with Gasteiger partial charge in [0, 0.05) is 18.0 Å². The van der Waals surface area contributed by atoms with Crippen LogP contribution < -0.4 is 10.1 Å². The number of halogens is 1. The minimum atomic E-state index is -0.162. The molecule has 0 radical (unpaired) electrons. The summed E-state index contributed by atoms with van der Waals surface area (Å²) < 4.78 is 19.1. The van der Waals surface area contributed by atoms with E-state index in [-0.39, 0.29) is 11.9 Å². The van der Waals surface area contributed by atoms with E-state index in [9.17, 15) is 4.39 Å². The van der Waals surface area contributed by atoms with Gasteiger partial charge in [-0.1, -0.05) is 13.3 Å². The van der Waals surface area contributed by atoms with Gasteiger partial charge in [-0.3, -0.25) is 0 Å². The molecule has 1 aromatic carbocycles. The summed E-state index contributed by atoms with van der Waals surface area (Å²) in [5, 5.41) is 3.60. The molecule has 2 unspecified atom stereocenters. The van der Waals surface area contributed by atoms with E-state index in [1.807, 2.05) is 0 Å². The molecule has 1 saturated carbocycles. The molecule has 2 atom stereocenters. The number of hydrogen-bond acceptors (Lipinski definition) is 2. The molecule has 0 saturated heterocycles. The molecular formula is C16H22FNO. The fraction of sp³-hybridized carbons (Fsp3) is 0.625. The second-order valence-corrected chi connectivity index (χ2v) is 5.89. The summed E-state index contributed by atoms with van der Waals surface area (Å²) >= 11 is 0. The molecule has 1 fully saturated rings. The first kappa shape index (κ1) is 12.9. The summed E-state index contributed by atoms with van der Waals surface area (Å²) in [6, 6.07) is 5.62. The number of benzene rings is 1. The topological polar surface area (TPSA) is 21.3 Å². The second-order valence-electron chi connectivity index (χ2n) is 5.89. The number of fused-ring (bicyclic) bond motifs is 1. The largest absolute Gasteiger partial charge is 0.490 e. The molecule has 19 heavy (non-hydrogen) atoms. The van der Waals surface area contributed by atoms with Gasteiger partial charge in [-0.05, 0) is 49.9 Å². The second kappa shape index (κ2) is 5.49. The minimum absolute atomic E-state index is 0.162. The standard InChI is InChI=1S/C16H22FNO/c1-2-11(10-18-14-4-5-14)7-15-9-12-8-13(17)3-6-16(12)19-15/h3,6,8,11,14-15,18H,2,4-5,7,9-10H2,1H3. The molecule has 0 aromatic heterocycles. The lowest BCUT2D eigenvalue weighted by Crippen LogP contribution is -2.28. The van der Waals surface area contributed by atoms with Crippen molar-refractivity contribution in [1.29, 1.82) is 0 Å². The molecule has 0 amide bonds. The molecular weight excluding hydrogens is 241 g/mol. The van der Waals surface area contributed by atoms with Crippen LogP contribution >= 0.6 is 0 Å². The van der Waals surface area contributed by atoms with Crippen molar-refractivity contribution in [2.45, 2.75) is 51.2 Å². The van der Waals surface area contributed by atoms with Gasteiger partial charge >= 0.3 is 0 Å². The van der Waals surface area contributed by atoms with Crippen LogP contribution in [0.15, 0.2) is 18.2 Å². The van der Waals surface area contributed by atoms with Gasteiger partial charge in [-0.2, -0.15) is 0 Å². The highest BCUT2D eigenvalue weighted by molar-refractivity contribution is 5.37. The molecule has 104 valence electrons. The van der Waals surface area contributed by atoms with Crippen LogP contribution in [0.3, 0.4) is 0 Å². The molecule has 3 rings (SSSR count). The van der Waals surface area contributed by atoms with Gasteiger partial charge < -0.3 is 10.1 Å².